The second-order valence-electron chi connectivity index (χ2n) is 5.99. The van der Waals surface area contributed by atoms with Crippen molar-refractivity contribution in [2.45, 2.75) is 58.7 Å². The van der Waals surface area contributed by atoms with Crippen LogP contribution < -0.4 is 5.32 Å². The van der Waals surface area contributed by atoms with Gasteiger partial charge in [-0.3, -0.25) is 9.59 Å². The third-order valence-electron chi connectivity index (χ3n) is 3.69. The number of thioether (sulfide) groups is 1. The van der Waals surface area contributed by atoms with Gasteiger partial charge in [-0.05, 0) is 52.9 Å². The monoisotopic (exact) mass is 352 g/mol. The van der Waals surface area contributed by atoms with E-state index in [4.69, 9.17) is 0 Å². The van der Waals surface area contributed by atoms with Gasteiger partial charge >= 0.3 is 0 Å². The molecule has 0 saturated heterocycles. The molecule has 7 heteroatoms. The van der Waals surface area contributed by atoms with E-state index in [1.807, 2.05) is 40.9 Å². The zero-order chi connectivity index (χ0) is 18.3. The van der Waals surface area contributed by atoms with Gasteiger partial charge < -0.3 is 10.2 Å². The molecule has 0 spiro atoms. The molecule has 0 atom stereocenters. The average molecular weight is 353 g/mol. The summed E-state index contributed by atoms with van der Waals surface area (Å²) in [6.07, 6.45) is 2.89. The van der Waals surface area contributed by atoms with Gasteiger partial charge in [-0.1, -0.05) is 11.8 Å². The molecule has 0 aliphatic rings. The van der Waals surface area contributed by atoms with Crippen LogP contribution in [0.25, 0.3) is 0 Å². The van der Waals surface area contributed by atoms with E-state index in [0.717, 1.165) is 22.1 Å². The molecule has 0 unspecified atom stereocenters. The molecule has 1 N–H and O–H groups in total. The second kappa shape index (κ2) is 9.61. The lowest BCUT2D eigenvalue weighted by Crippen LogP contribution is -2.42. The Morgan fingerprint density at radius 2 is 1.79 bits per heavy atom. The Morgan fingerprint density at radius 1 is 1.21 bits per heavy atom. The summed E-state index contributed by atoms with van der Waals surface area (Å²) >= 11 is 1.51. The standard InChI is InChI=1S/C17H28N4O2S/c1-7-21(10-15(22)18-11(2)3)16(23)9-8-14-12(4)19-17(24-6)20-13(14)5/h11H,7-10H2,1-6H3,(H,18,22). The minimum atomic E-state index is -0.125. The summed E-state index contributed by atoms with van der Waals surface area (Å²) in [6, 6.07) is 0.0729. The Balaban J connectivity index is 2.68. The van der Waals surface area contributed by atoms with E-state index in [0.29, 0.717) is 19.4 Å². The van der Waals surface area contributed by atoms with Gasteiger partial charge in [-0.2, -0.15) is 0 Å². The Kier molecular flexibility index (Phi) is 8.18. The third-order valence-corrected chi connectivity index (χ3v) is 4.24. The average Bonchev–Trinajstić information content (AvgIpc) is 2.50. The van der Waals surface area contributed by atoms with Gasteiger partial charge in [0.25, 0.3) is 0 Å². The predicted octanol–water partition coefficient (Wildman–Crippen LogP) is 2.12. The molecule has 2 amide bonds. The van der Waals surface area contributed by atoms with Crippen molar-refractivity contribution in [2.75, 3.05) is 19.3 Å². The van der Waals surface area contributed by atoms with Crippen LogP contribution in [0.2, 0.25) is 0 Å². The molecule has 0 radical (unpaired) electrons. The number of aryl methyl sites for hydroxylation is 2. The van der Waals surface area contributed by atoms with E-state index >= 15 is 0 Å². The predicted molar refractivity (Wildman–Crippen MR) is 97.1 cm³/mol. The van der Waals surface area contributed by atoms with Gasteiger partial charge in [0.15, 0.2) is 5.16 Å². The minimum absolute atomic E-state index is 0.0239. The van der Waals surface area contributed by atoms with Crippen LogP contribution in [0.5, 0.6) is 0 Å². The van der Waals surface area contributed by atoms with E-state index in [1.54, 1.807) is 4.90 Å². The molecule has 1 aromatic rings. The molecule has 134 valence electrons. The molecule has 6 nitrogen and oxygen atoms in total. The molecule has 0 saturated carbocycles. The lowest BCUT2D eigenvalue weighted by molar-refractivity contribution is -0.136. The Labute approximate surface area is 148 Å². The fraction of sp³-hybridized carbons (Fsp3) is 0.647. The maximum absolute atomic E-state index is 12.4. The van der Waals surface area contributed by atoms with E-state index in [2.05, 4.69) is 15.3 Å². The molecule has 0 aromatic carbocycles. The van der Waals surface area contributed by atoms with Crippen molar-refractivity contribution >= 4 is 23.6 Å². The quantitative estimate of drug-likeness (QED) is 0.573. The zero-order valence-corrected chi connectivity index (χ0v) is 16.3. The van der Waals surface area contributed by atoms with Crippen molar-refractivity contribution in [3.63, 3.8) is 0 Å². The first-order valence-electron chi connectivity index (χ1n) is 8.23. The molecule has 1 rings (SSSR count). The van der Waals surface area contributed by atoms with Crippen LogP contribution in [0.15, 0.2) is 5.16 Å². The molecular weight excluding hydrogens is 324 g/mol. The highest BCUT2D eigenvalue weighted by Gasteiger charge is 2.17. The van der Waals surface area contributed by atoms with E-state index < -0.39 is 0 Å². The van der Waals surface area contributed by atoms with Gasteiger partial charge in [0, 0.05) is 30.4 Å². The summed E-state index contributed by atoms with van der Waals surface area (Å²) in [7, 11) is 0. The number of carbonyl (C=O) groups excluding carboxylic acids is 2. The molecule has 0 aliphatic carbocycles. The number of hydrogen-bond donors (Lipinski definition) is 1. The van der Waals surface area contributed by atoms with Gasteiger partial charge in [0.2, 0.25) is 11.8 Å². The topological polar surface area (TPSA) is 75.2 Å². The number of hydrogen-bond acceptors (Lipinski definition) is 5. The summed E-state index contributed by atoms with van der Waals surface area (Å²) in [5, 5.41) is 3.56. The largest absolute Gasteiger partial charge is 0.352 e. The van der Waals surface area contributed by atoms with Gasteiger partial charge in [-0.15, -0.1) is 0 Å². The number of likely N-dealkylation sites (N-methyl/N-ethyl adjacent to an activating group) is 1. The number of carbonyl (C=O) groups is 2. The number of rotatable bonds is 8. The van der Waals surface area contributed by atoms with Crippen molar-refractivity contribution in [1.82, 2.24) is 20.2 Å². The van der Waals surface area contributed by atoms with Crippen LogP contribution >= 0.6 is 11.8 Å². The maximum atomic E-state index is 12.4. The van der Waals surface area contributed by atoms with Crippen LogP contribution in [-0.2, 0) is 16.0 Å². The number of amides is 2. The van der Waals surface area contributed by atoms with Gasteiger partial charge in [0.1, 0.15) is 0 Å². The minimum Gasteiger partial charge on any atom is -0.352 e. The Bertz CT molecular complexity index is 567. The fourth-order valence-electron chi connectivity index (χ4n) is 2.47. The van der Waals surface area contributed by atoms with Crippen molar-refractivity contribution in [3.8, 4) is 0 Å². The normalized spacial score (nSPS) is 10.8. The Morgan fingerprint density at radius 3 is 2.25 bits per heavy atom. The highest BCUT2D eigenvalue weighted by molar-refractivity contribution is 7.98. The highest BCUT2D eigenvalue weighted by Crippen LogP contribution is 2.17. The summed E-state index contributed by atoms with van der Waals surface area (Å²) in [4.78, 5) is 34.7. The van der Waals surface area contributed by atoms with E-state index in [9.17, 15) is 9.59 Å². The fourth-order valence-corrected chi connectivity index (χ4v) is 2.93. The van der Waals surface area contributed by atoms with Crippen molar-refractivity contribution in [3.05, 3.63) is 17.0 Å². The second-order valence-corrected chi connectivity index (χ2v) is 6.76. The molecule has 1 heterocycles. The molecule has 0 fully saturated rings. The van der Waals surface area contributed by atoms with Crippen LogP contribution in [0.3, 0.4) is 0 Å². The molecule has 0 bridgehead atoms. The van der Waals surface area contributed by atoms with Crippen molar-refractivity contribution < 1.29 is 9.59 Å². The molecular formula is C17H28N4O2S. The number of nitrogens with zero attached hydrogens (tertiary/aromatic N) is 3. The van der Waals surface area contributed by atoms with E-state index in [1.165, 1.54) is 11.8 Å². The Hall–Kier alpha value is -1.63. The summed E-state index contributed by atoms with van der Waals surface area (Å²) < 4.78 is 0. The first-order chi connectivity index (χ1) is 11.3. The molecule has 24 heavy (non-hydrogen) atoms. The van der Waals surface area contributed by atoms with Crippen LogP contribution in [-0.4, -0.2) is 52.1 Å². The van der Waals surface area contributed by atoms with Crippen LogP contribution in [0.1, 0.15) is 44.1 Å². The highest BCUT2D eigenvalue weighted by atomic mass is 32.2. The summed E-state index contributed by atoms with van der Waals surface area (Å²) in [5.41, 5.74) is 2.85. The van der Waals surface area contributed by atoms with Gasteiger partial charge in [-0.25, -0.2) is 9.97 Å². The number of nitrogens with one attached hydrogen (secondary N) is 1. The maximum Gasteiger partial charge on any atom is 0.239 e. The first-order valence-corrected chi connectivity index (χ1v) is 9.46. The summed E-state index contributed by atoms with van der Waals surface area (Å²) in [6.45, 7) is 10.2. The van der Waals surface area contributed by atoms with Crippen molar-refractivity contribution in [1.29, 1.82) is 0 Å². The first kappa shape index (κ1) is 20.4. The SMILES string of the molecule is CCN(CC(=O)NC(C)C)C(=O)CCc1c(C)nc(SC)nc1C. The smallest absolute Gasteiger partial charge is 0.239 e. The van der Waals surface area contributed by atoms with E-state index in [-0.39, 0.29) is 24.4 Å². The summed E-state index contributed by atoms with van der Waals surface area (Å²) in [5.74, 6) is -0.149. The molecule has 1 aromatic heterocycles. The van der Waals surface area contributed by atoms with Crippen LogP contribution in [0, 0.1) is 13.8 Å². The third kappa shape index (κ3) is 6.11. The lowest BCUT2D eigenvalue weighted by atomic mass is 10.1. The van der Waals surface area contributed by atoms with Crippen LogP contribution in [0.4, 0.5) is 0 Å². The zero-order valence-electron chi connectivity index (χ0n) is 15.5. The number of aromatic nitrogens is 2. The van der Waals surface area contributed by atoms with Crippen molar-refractivity contribution in [2.24, 2.45) is 0 Å². The lowest BCUT2D eigenvalue weighted by Gasteiger charge is -2.21. The van der Waals surface area contributed by atoms with Gasteiger partial charge in [0.05, 0.1) is 6.54 Å². The molecule has 0 aliphatic heterocycles.